The van der Waals surface area contributed by atoms with Gasteiger partial charge in [-0.05, 0) is 12.1 Å². The monoisotopic (exact) mass is 270 g/mol. The van der Waals surface area contributed by atoms with Gasteiger partial charge in [0.15, 0.2) is 0 Å². The van der Waals surface area contributed by atoms with Crippen LogP contribution in [-0.2, 0) is 4.79 Å². The highest BCUT2D eigenvalue weighted by Gasteiger charge is 1.97. The van der Waals surface area contributed by atoms with Gasteiger partial charge in [-0.1, -0.05) is 6.07 Å². The number of rotatable bonds is 6. The first-order valence-corrected chi connectivity index (χ1v) is 5.90. The molecule has 0 fully saturated rings. The Morgan fingerprint density at radius 1 is 1.40 bits per heavy atom. The number of anilines is 1. The minimum absolute atomic E-state index is 0.0121. The first kappa shape index (κ1) is 15.1. The number of benzene rings is 1. The maximum absolute atomic E-state index is 10.7. The lowest BCUT2D eigenvalue weighted by molar-refractivity contribution is -0.119. The van der Waals surface area contributed by atoms with E-state index in [4.69, 9.17) is 15.3 Å². The summed E-state index contributed by atoms with van der Waals surface area (Å²) in [6, 6.07) is 10.6. The smallest absolute Gasteiger partial charge is 0.216 e. The second-order valence-electron chi connectivity index (χ2n) is 3.79. The van der Waals surface area contributed by atoms with Gasteiger partial charge in [0.2, 0.25) is 5.91 Å². The van der Waals surface area contributed by atoms with Gasteiger partial charge in [0.05, 0.1) is 6.54 Å². The van der Waals surface area contributed by atoms with E-state index in [1.807, 2.05) is 0 Å². The van der Waals surface area contributed by atoms with Crippen LogP contribution in [0.5, 0.6) is 5.75 Å². The molecular weight excluding hydrogens is 256 g/mol. The number of allylic oxidation sites excluding steroid dienone is 1. The molecule has 0 aliphatic carbocycles. The number of carbonyl (C=O) groups is 1. The number of amides is 1. The Balaban J connectivity index is 2.54. The Labute approximate surface area is 117 Å². The number of hydrogen-bond acceptors (Lipinski definition) is 5. The molecular formula is C14H14N4O2. The predicted octanol–water partition coefficient (Wildman–Crippen LogP) is 1.54. The van der Waals surface area contributed by atoms with Gasteiger partial charge in [-0.2, -0.15) is 10.5 Å². The summed E-state index contributed by atoms with van der Waals surface area (Å²) in [6.45, 7) is 2.24. The fraction of sp³-hybridized carbons (Fsp3) is 0.214. The van der Waals surface area contributed by atoms with Crippen LogP contribution < -0.4 is 15.4 Å². The maximum atomic E-state index is 10.7. The number of carbonyl (C=O) groups excluding carboxylic acids is 1. The summed E-state index contributed by atoms with van der Waals surface area (Å²) in [5, 5.41) is 22.7. The number of hydrogen-bond donors (Lipinski definition) is 2. The molecule has 2 N–H and O–H groups in total. The van der Waals surface area contributed by atoms with E-state index in [1.54, 1.807) is 36.4 Å². The van der Waals surface area contributed by atoms with Gasteiger partial charge >= 0.3 is 0 Å². The van der Waals surface area contributed by atoms with Crippen molar-refractivity contribution in [3.63, 3.8) is 0 Å². The minimum atomic E-state index is -0.102. The molecule has 0 saturated heterocycles. The van der Waals surface area contributed by atoms with E-state index >= 15 is 0 Å². The topological polar surface area (TPSA) is 97.9 Å². The highest BCUT2D eigenvalue weighted by atomic mass is 16.5. The van der Waals surface area contributed by atoms with Crippen molar-refractivity contribution >= 4 is 11.6 Å². The van der Waals surface area contributed by atoms with Crippen LogP contribution in [0.3, 0.4) is 0 Å². The van der Waals surface area contributed by atoms with Crippen LogP contribution in [0.2, 0.25) is 0 Å². The molecule has 1 aromatic rings. The molecule has 1 amide bonds. The average Bonchev–Trinajstić information content (AvgIpc) is 2.45. The average molecular weight is 270 g/mol. The first-order chi connectivity index (χ1) is 9.65. The lowest BCUT2D eigenvalue weighted by Crippen LogP contribution is -2.25. The van der Waals surface area contributed by atoms with Crippen LogP contribution in [0.15, 0.2) is 36.0 Å². The zero-order valence-corrected chi connectivity index (χ0v) is 11.0. The van der Waals surface area contributed by atoms with Gasteiger partial charge in [0.25, 0.3) is 0 Å². The second-order valence-corrected chi connectivity index (χ2v) is 3.79. The van der Waals surface area contributed by atoms with E-state index in [2.05, 4.69) is 10.6 Å². The zero-order chi connectivity index (χ0) is 14.8. The van der Waals surface area contributed by atoms with Crippen molar-refractivity contribution in [3.8, 4) is 17.9 Å². The van der Waals surface area contributed by atoms with Gasteiger partial charge < -0.3 is 15.4 Å². The summed E-state index contributed by atoms with van der Waals surface area (Å²) in [5.74, 6) is 0.527. The summed E-state index contributed by atoms with van der Waals surface area (Å²) in [5.41, 5.74) is 0.687. The van der Waals surface area contributed by atoms with Crippen molar-refractivity contribution in [3.05, 3.63) is 36.0 Å². The summed E-state index contributed by atoms with van der Waals surface area (Å²) in [7, 11) is 0. The van der Waals surface area contributed by atoms with Gasteiger partial charge in [0, 0.05) is 24.9 Å². The molecule has 0 aromatic heterocycles. The van der Waals surface area contributed by atoms with Crippen molar-refractivity contribution in [2.45, 2.75) is 6.92 Å². The molecule has 1 rings (SSSR count). The minimum Gasteiger partial charge on any atom is -0.492 e. The Morgan fingerprint density at radius 2 is 2.15 bits per heavy atom. The lowest BCUT2D eigenvalue weighted by Gasteiger charge is -2.08. The standard InChI is InChI=1S/C14H14N4O2/c1-11(19)17-5-6-20-14-4-2-3-13(7-14)18-10-12(8-15)9-16/h2-4,7,10,18H,5-6H2,1H3,(H,17,19). The van der Waals surface area contributed by atoms with Crippen molar-refractivity contribution in [2.24, 2.45) is 0 Å². The lowest BCUT2D eigenvalue weighted by atomic mass is 10.3. The zero-order valence-electron chi connectivity index (χ0n) is 11.0. The molecule has 0 spiro atoms. The normalized spacial score (nSPS) is 8.75. The Hall–Kier alpha value is -2.99. The molecule has 20 heavy (non-hydrogen) atoms. The Kier molecular flexibility index (Phi) is 6.16. The van der Waals surface area contributed by atoms with Crippen LogP contribution in [0.4, 0.5) is 5.69 Å². The van der Waals surface area contributed by atoms with Crippen LogP contribution in [-0.4, -0.2) is 19.1 Å². The van der Waals surface area contributed by atoms with Crippen LogP contribution in [0.25, 0.3) is 0 Å². The summed E-state index contributed by atoms with van der Waals surface area (Å²) < 4.78 is 5.45. The Morgan fingerprint density at radius 3 is 2.80 bits per heavy atom. The predicted molar refractivity (Wildman–Crippen MR) is 73.6 cm³/mol. The second kappa shape index (κ2) is 8.17. The molecule has 0 radical (unpaired) electrons. The summed E-state index contributed by atoms with van der Waals surface area (Å²) in [6.07, 6.45) is 1.33. The molecule has 0 aliphatic heterocycles. The molecule has 0 saturated carbocycles. The van der Waals surface area contributed by atoms with E-state index in [-0.39, 0.29) is 11.5 Å². The highest BCUT2D eigenvalue weighted by Crippen LogP contribution is 2.17. The van der Waals surface area contributed by atoms with Crippen LogP contribution in [0, 0.1) is 22.7 Å². The van der Waals surface area contributed by atoms with Crippen molar-refractivity contribution in [1.82, 2.24) is 5.32 Å². The molecule has 0 atom stereocenters. The van der Waals surface area contributed by atoms with Gasteiger partial charge in [0.1, 0.15) is 30.1 Å². The fourth-order valence-electron chi connectivity index (χ4n) is 1.32. The summed E-state index contributed by atoms with van der Waals surface area (Å²) in [4.78, 5) is 10.7. The quantitative estimate of drug-likeness (QED) is 0.603. The van der Waals surface area contributed by atoms with Gasteiger partial charge in [-0.25, -0.2) is 0 Å². The third kappa shape index (κ3) is 5.56. The van der Waals surface area contributed by atoms with E-state index in [0.717, 1.165) is 0 Å². The molecule has 6 nitrogen and oxygen atoms in total. The molecule has 1 aromatic carbocycles. The number of ether oxygens (including phenoxy) is 1. The maximum Gasteiger partial charge on any atom is 0.216 e. The molecule has 6 heteroatoms. The fourth-order valence-corrected chi connectivity index (χ4v) is 1.32. The number of nitriles is 2. The van der Waals surface area contributed by atoms with E-state index < -0.39 is 0 Å². The molecule has 102 valence electrons. The number of nitrogens with zero attached hydrogens (tertiary/aromatic N) is 2. The highest BCUT2D eigenvalue weighted by molar-refractivity contribution is 5.72. The van der Waals surface area contributed by atoms with Gasteiger partial charge in [-0.15, -0.1) is 0 Å². The third-order valence-corrected chi connectivity index (χ3v) is 2.20. The molecule has 0 heterocycles. The largest absolute Gasteiger partial charge is 0.492 e. The van der Waals surface area contributed by atoms with Crippen molar-refractivity contribution < 1.29 is 9.53 Å². The molecule has 0 unspecified atom stereocenters. The van der Waals surface area contributed by atoms with Crippen molar-refractivity contribution in [2.75, 3.05) is 18.5 Å². The number of nitrogens with one attached hydrogen (secondary N) is 2. The van der Waals surface area contributed by atoms with E-state index in [9.17, 15) is 4.79 Å². The van der Waals surface area contributed by atoms with Crippen LogP contribution in [0.1, 0.15) is 6.92 Å². The van der Waals surface area contributed by atoms with Gasteiger partial charge in [-0.3, -0.25) is 4.79 Å². The van der Waals surface area contributed by atoms with E-state index in [0.29, 0.717) is 24.6 Å². The first-order valence-electron chi connectivity index (χ1n) is 5.90. The Bertz CT molecular complexity index is 566. The van der Waals surface area contributed by atoms with E-state index in [1.165, 1.54) is 13.1 Å². The molecule has 0 aliphatic rings. The summed E-state index contributed by atoms with van der Waals surface area (Å²) >= 11 is 0. The third-order valence-electron chi connectivity index (χ3n) is 2.20. The molecule has 0 bridgehead atoms. The SMILES string of the molecule is CC(=O)NCCOc1cccc(NC=C(C#N)C#N)c1. The van der Waals surface area contributed by atoms with Crippen LogP contribution >= 0.6 is 0 Å². The van der Waals surface area contributed by atoms with Crippen molar-refractivity contribution in [1.29, 1.82) is 10.5 Å².